The Labute approximate surface area is 164 Å². The molecular formula is C22H23N5O. The Morgan fingerprint density at radius 1 is 1.00 bits per heavy atom. The zero-order valence-electron chi connectivity index (χ0n) is 15.7. The van der Waals surface area contributed by atoms with Crippen LogP contribution in [0.4, 0.5) is 10.5 Å². The number of amides is 2. The molecule has 0 atom stereocenters. The van der Waals surface area contributed by atoms with Crippen molar-refractivity contribution >= 4 is 11.7 Å². The molecule has 0 saturated carbocycles. The summed E-state index contributed by atoms with van der Waals surface area (Å²) < 4.78 is 0. The van der Waals surface area contributed by atoms with Crippen LogP contribution in [0, 0.1) is 0 Å². The number of piperidine rings is 1. The van der Waals surface area contributed by atoms with Gasteiger partial charge in [-0.25, -0.2) is 14.8 Å². The second-order valence-corrected chi connectivity index (χ2v) is 6.98. The number of carbonyl (C=O) groups is 1. The predicted octanol–water partition coefficient (Wildman–Crippen LogP) is 3.87. The number of hydrogen-bond acceptors (Lipinski definition) is 4. The fourth-order valence-corrected chi connectivity index (χ4v) is 3.61. The normalized spacial score (nSPS) is 14.6. The molecule has 2 amide bonds. The van der Waals surface area contributed by atoms with Crippen molar-refractivity contribution in [2.24, 2.45) is 0 Å². The summed E-state index contributed by atoms with van der Waals surface area (Å²) in [6.07, 6.45) is 7.68. The summed E-state index contributed by atoms with van der Waals surface area (Å²) >= 11 is 0. The zero-order valence-corrected chi connectivity index (χ0v) is 15.7. The zero-order chi connectivity index (χ0) is 19.2. The minimum absolute atomic E-state index is 0.0467. The van der Waals surface area contributed by atoms with Crippen LogP contribution < -0.4 is 5.32 Å². The minimum Gasteiger partial charge on any atom is -0.324 e. The van der Waals surface area contributed by atoms with Gasteiger partial charge in [0.1, 0.15) is 6.33 Å². The first-order chi connectivity index (χ1) is 13.8. The second kappa shape index (κ2) is 8.61. The van der Waals surface area contributed by atoms with Gasteiger partial charge in [-0.05, 0) is 42.7 Å². The Balaban J connectivity index is 1.38. The average Bonchev–Trinajstić information content (AvgIpc) is 2.76. The van der Waals surface area contributed by atoms with Crippen LogP contribution in [0.5, 0.6) is 0 Å². The van der Waals surface area contributed by atoms with Crippen LogP contribution in [0.1, 0.15) is 35.7 Å². The molecule has 6 nitrogen and oxygen atoms in total. The van der Waals surface area contributed by atoms with Gasteiger partial charge >= 0.3 is 6.03 Å². The van der Waals surface area contributed by atoms with E-state index >= 15 is 0 Å². The summed E-state index contributed by atoms with van der Waals surface area (Å²) in [5, 5.41) is 3.09. The first-order valence-electron chi connectivity index (χ1n) is 9.59. The van der Waals surface area contributed by atoms with Crippen molar-refractivity contribution in [2.75, 3.05) is 18.4 Å². The number of hydrogen-bond donors (Lipinski definition) is 1. The number of urea groups is 1. The summed E-state index contributed by atoms with van der Waals surface area (Å²) in [5.41, 5.74) is 3.95. The van der Waals surface area contributed by atoms with Crippen molar-refractivity contribution < 1.29 is 4.79 Å². The lowest BCUT2D eigenvalue weighted by Gasteiger charge is -2.31. The summed E-state index contributed by atoms with van der Waals surface area (Å²) in [6.45, 7) is 1.45. The highest BCUT2D eigenvalue weighted by Crippen LogP contribution is 2.27. The molecule has 142 valence electrons. The molecule has 2 aromatic heterocycles. The van der Waals surface area contributed by atoms with E-state index in [1.165, 1.54) is 0 Å². The Bertz CT molecular complexity index is 908. The molecule has 6 heteroatoms. The van der Waals surface area contributed by atoms with E-state index in [0.29, 0.717) is 12.3 Å². The molecular weight excluding hydrogens is 350 g/mol. The van der Waals surface area contributed by atoms with Gasteiger partial charge in [-0.1, -0.05) is 24.3 Å². The number of likely N-dealkylation sites (tertiary alicyclic amines) is 1. The van der Waals surface area contributed by atoms with Gasteiger partial charge in [0.25, 0.3) is 0 Å². The molecule has 3 aromatic rings. The molecule has 0 spiro atoms. The van der Waals surface area contributed by atoms with Crippen LogP contribution in [-0.4, -0.2) is 39.0 Å². The van der Waals surface area contributed by atoms with Crippen LogP contribution >= 0.6 is 0 Å². The number of benzene rings is 1. The lowest BCUT2D eigenvalue weighted by Crippen LogP contribution is -2.40. The highest BCUT2D eigenvalue weighted by atomic mass is 16.2. The van der Waals surface area contributed by atoms with Gasteiger partial charge in [-0.15, -0.1) is 0 Å². The second-order valence-electron chi connectivity index (χ2n) is 6.98. The lowest BCUT2D eigenvalue weighted by molar-refractivity contribution is 0.194. The van der Waals surface area contributed by atoms with Crippen LogP contribution in [0.2, 0.25) is 0 Å². The number of rotatable bonds is 4. The van der Waals surface area contributed by atoms with Gasteiger partial charge in [0.2, 0.25) is 0 Å². The number of pyridine rings is 1. The van der Waals surface area contributed by atoms with Gasteiger partial charge in [0, 0.05) is 54.9 Å². The standard InChI is InChI=1S/C22H23N5O/c28-22(27-13-9-17(10-14-27)20-8-12-23-16-25-20)26-21-7-2-1-5-18(21)15-19-6-3-4-11-24-19/h1-8,11-12,16-17H,9-10,13-15H2,(H,26,28). The number of anilines is 1. The largest absolute Gasteiger partial charge is 0.324 e. The molecule has 1 aliphatic heterocycles. The quantitative estimate of drug-likeness (QED) is 0.753. The van der Waals surface area contributed by atoms with Crippen LogP contribution in [0.25, 0.3) is 0 Å². The van der Waals surface area contributed by atoms with E-state index in [4.69, 9.17) is 0 Å². The molecule has 28 heavy (non-hydrogen) atoms. The third-order valence-electron chi connectivity index (χ3n) is 5.16. The Hall–Kier alpha value is -3.28. The molecule has 1 N–H and O–H groups in total. The summed E-state index contributed by atoms with van der Waals surface area (Å²) in [6, 6.07) is 15.7. The number of aromatic nitrogens is 3. The van der Waals surface area contributed by atoms with Crippen LogP contribution in [-0.2, 0) is 6.42 Å². The van der Waals surface area contributed by atoms with E-state index in [1.807, 2.05) is 53.4 Å². The smallest absolute Gasteiger partial charge is 0.321 e. The van der Waals surface area contributed by atoms with Gasteiger partial charge < -0.3 is 10.2 Å². The van der Waals surface area contributed by atoms with Gasteiger partial charge in [-0.2, -0.15) is 0 Å². The van der Waals surface area contributed by atoms with Gasteiger partial charge in [0.15, 0.2) is 0 Å². The highest BCUT2D eigenvalue weighted by Gasteiger charge is 2.24. The highest BCUT2D eigenvalue weighted by molar-refractivity contribution is 5.90. The number of para-hydroxylation sites is 1. The average molecular weight is 373 g/mol. The van der Waals surface area contributed by atoms with Gasteiger partial charge in [-0.3, -0.25) is 4.98 Å². The topological polar surface area (TPSA) is 71.0 Å². The van der Waals surface area contributed by atoms with E-state index in [-0.39, 0.29) is 6.03 Å². The summed E-state index contributed by atoms with van der Waals surface area (Å²) in [5.74, 6) is 0.392. The van der Waals surface area contributed by atoms with Crippen molar-refractivity contribution in [3.05, 3.63) is 84.2 Å². The molecule has 0 bridgehead atoms. The first-order valence-corrected chi connectivity index (χ1v) is 9.59. The van der Waals surface area contributed by atoms with E-state index in [9.17, 15) is 4.79 Å². The molecule has 1 aromatic carbocycles. The fraction of sp³-hybridized carbons (Fsp3) is 0.273. The minimum atomic E-state index is -0.0467. The van der Waals surface area contributed by atoms with Crippen molar-refractivity contribution in [3.63, 3.8) is 0 Å². The molecule has 1 saturated heterocycles. The van der Waals surface area contributed by atoms with E-state index < -0.39 is 0 Å². The van der Waals surface area contributed by atoms with Crippen molar-refractivity contribution in [1.29, 1.82) is 0 Å². The molecule has 0 unspecified atom stereocenters. The van der Waals surface area contributed by atoms with Gasteiger partial charge in [0.05, 0.1) is 0 Å². The lowest BCUT2D eigenvalue weighted by atomic mass is 9.93. The molecule has 0 radical (unpaired) electrons. The Morgan fingerprint density at radius 3 is 2.57 bits per heavy atom. The van der Waals surface area contributed by atoms with Crippen LogP contribution in [0.15, 0.2) is 67.3 Å². The number of nitrogens with zero attached hydrogens (tertiary/aromatic N) is 4. The SMILES string of the molecule is O=C(Nc1ccccc1Cc1ccccn1)N1CCC(c2ccncn2)CC1. The number of nitrogens with one attached hydrogen (secondary N) is 1. The maximum atomic E-state index is 12.8. The monoisotopic (exact) mass is 373 g/mol. The van der Waals surface area contributed by atoms with Crippen molar-refractivity contribution in [2.45, 2.75) is 25.2 Å². The predicted molar refractivity (Wildman–Crippen MR) is 108 cm³/mol. The maximum Gasteiger partial charge on any atom is 0.321 e. The van der Waals surface area contributed by atoms with E-state index in [2.05, 4.69) is 20.3 Å². The molecule has 1 aliphatic rings. The maximum absolute atomic E-state index is 12.8. The molecule has 0 aliphatic carbocycles. The van der Waals surface area contributed by atoms with Crippen molar-refractivity contribution in [1.82, 2.24) is 19.9 Å². The van der Waals surface area contributed by atoms with E-state index in [0.717, 1.165) is 48.6 Å². The summed E-state index contributed by atoms with van der Waals surface area (Å²) in [4.78, 5) is 27.4. The molecule has 4 rings (SSSR count). The summed E-state index contributed by atoms with van der Waals surface area (Å²) in [7, 11) is 0. The first kappa shape index (κ1) is 18.1. The Morgan fingerprint density at radius 2 is 1.82 bits per heavy atom. The fourth-order valence-electron chi connectivity index (χ4n) is 3.61. The third kappa shape index (κ3) is 4.34. The Kier molecular flexibility index (Phi) is 5.56. The molecule has 3 heterocycles. The third-order valence-corrected chi connectivity index (χ3v) is 5.16. The van der Waals surface area contributed by atoms with Crippen LogP contribution in [0.3, 0.4) is 0 Å². The van der Waals surface area contributed by atoms with Crippen molar-refractivity contribution in [3.8, 4) is 0 Å². The number of carbonyl (C=O) groups excluding carboxylic acids is 1. The molecule has 1 fully saturated rings. The van der Waals surface area contributed by atoms with E-state index in [1.54, 1.807) is 18.7 Å².